The first-order valence-corrected chi connectivity index (χ1v) is 40.4. The van der Waals surface area contributed by atoms with E-state index in [1.807, 2.05) is 61.0 Å². The summed E-state index contributed by atoms with van der Waals surface area (Å²) < 4.78 is 26.0. The number of nitrogens with zero attached hydrogens (tertiary/aromatic N) is 8. The minimum absolute atomic E-state index is 0. The number of aliphatic carboxylic acids is 1. The van der Waals surface area contributed by atoms with Crippen molar-refractivity contribution in [1.82, 2.24) is 19.1 Å². The Bertz CT molecular complexity index is 4710. The highest BCUT2D eigenvalue weighted by Gasteiger charge is 2.39. The van der Waals surface area contributed by atoms with Crippen LogP contribution in [0.25, 0.3) is 0 Å². The summed E-state index contributed by atoms with van der Waals surface area (Å²) in [4.78, 5) is 122. The second-order valence-corrected chi connectivity index (χ2v) is 34.5. The minimum Gasteiger partial charge on any atom is -0.493 e. The van der Waals surface area contributed by atoms with Crippen LogP contribution >= 0.6 is 44.3 Å². The number of nitrogen functional groups attached to an aromatic ring is 1. The molecular formula is C75H86N12O13S6. The Hall–Kier alpha value is -9.53. The topological polar surface area (TPSA) is 323 Å². The van der Waals surface area contributed by atoms with Crippen LogP contribution in [0.2, 0.25) is 0 Å². The van der Waals surface area contributed by atoms with Crippen LogP contribution in [0.3, 0.4) is 0 Å². The number of methoxy groups -OCH3 is 2. The molecule has 560 valence electrons. The predicted molar refractivity (Wildman–Crippen MR) is 429 cm³/mol. The van der Waals surface area contributed by atoms with Crippen LogP contribution in [-0.2, 0) is 57.2 Å². The summed E-state index contributed by atoms with van der Waals surface area (Å²) >= 11 is 7.78. The van der Waals surface area contributed by atoms with Crippen molar-refractivity contribution < 1.29 is 62.4 Å². The summed E-state index contributed by atoms with van der Waals surface area (Å²) in [7, 11) is 9.81. The van der Waals surface area contributed by atoms with Crippen molar-refractivity contribution in [2.24, 2.45) is 24.1 Å². The van der Waals surface area contributed by atoms with Crippen LogP contribution in [0.5, 0.6) is 23.0 Å². The van der Waals surface area contributed by atoms with E-state index in [4.69, 9.17) is 41.0 Å². The summed E-state index contributed by atoms with van der Waals surface area (Å²) in [5.74, 6) is -0.492. The molecule has 31 heteroatoms. The van der Waals surface area contributed by atoms with Crippen LogP contribution in [0.15, 0.2) is 118 Å². The lowest BCUT2D eigenvalue weighted by atomic mass is 10.0. The van der Waals surface area contributed by atoms with Gasteiger partial charge in [-0.1, -0.05) is 90.4 Å². The molecular weight excluding hydrogens is 1470 g/mol. The quantitative estimate of drug-likeness (QED) is 0.0173. The summed E-state index contributed by atoms with van der Waals surface area (Å²) in [6.07, 6.45) is 15.7. The highest BCUT2D eigenvalue weighted by atomic mass is 33.1. The van der Waals surface area contributed by atoms with Gasteiger partial charge in [0.15, 0.2) is 44.8 Å². The number of anilines is 6. The zero-order valence-electron chi connectivity index (χ0n) is 59.6. The molecule has 25 nitrogen and oxygen atoms in total. The van der Waals surface area contributed by atoms with E-state index in [-0.39, 0.29) is 116 Å². The van der Waals surface area contributed by atoms with Crippen molar-refractivity contribution in [2.45, 2.75) is 121 Å². The van der Waals surface area contributed by atoms with Crippen LogP contribution in [0.1, 0.15) is 160 Å². The van der Waals surface area contributed by atoms with E-state index in [0.29, 0.717) is 112 Å². The van der Waals surface area contributed by atoms with Gasteiger partial charge in [0.05, 0.1) is 84.8 Å². The number of ketones is 2. The van der Waals surface area contributed by atoms with Crippen molar-refractivity contribution in [3.05, 3.63) is 153 Å². The summed E-state index contributed by atoms with van der Waals surface area (Å²) in [6.45, 7) is 8.87. The molecule has 8 aromatic rings. The van der Waals surface area contributed by atoms with Gasteiger partial charge in [-0.25, -0.2) is 9.97 Å². The van der Waals surface area contributed by atoms with Gasteiger partial charge < -0.3 is 54.9 Å². The number of aromatic nitrogens is 4. The average molecular weight is 1560 g/mol. The Morgan fingerprint density at radius 1 is 0.660 bits per heavy atom. The lowest BCUT2D eigenvalue weighted by Crippen LogP contribution is -2.37. The maximum atomic E-state index is 13.6. The summed E-state index contributed by atoms with van der Waals surface area (Å²) in [5.41, 5.74) is 14.0. The van der Waals surface area contributed by atoms with E-state index in [9.17, 15) is 38.4 Å². The fraction of sp³-hybridized carbons (Fsp3) is 0.360. The molecule has 4 aliphatic heterocycles. The van der Waals surface area contributed by atoms with E-state index in [2.05, 4.69) is 63.6 Å². The molecule has 0 bridgehead atoms. The number of hydrogen-bond acceptors (Lipinski definition) is 22. The number of nitrogens with one attached hydrogen (secondary N) is 3. The Morgan fingerprint density at radius 3 is 1.59 bits per heavy atom. The molecule has 4 aromatic heterocycles. The van der Waals surface area contributed by atoms with Crippen molar-refractivity contribution >= 4 is 169 Å². The summed E-state index contributed by atoms with van der Waals surface area (Å²) in [6, 6.07) is 25.5. The van der Waals surface area contributed by atoms with Gasteiger partial charge in [0.2, 0.25) is 5.91 Å². The third-order valence-corrected chi connectivity index (χ3v) is 24.9. The number of ether oxygens (including phenoxy) is 4. The van der Waals surface area contributed by atoms with Gasteiger partial charge in [-0.15, -0.1) is 32.1 Å². The highest BCUT2D eigenvalue weighted by molar-refractivity contribution is 8.76. The van der Waals surface area contributed by atoms with Crippen molar-refractivity contribution in [2.75, 3.05) is 71.4 Å². The van der Waals surface area contributed by atoms with E-state index in [1.54, 1.807) is 127 Å². The molecule has 12 rings (SSSR count). The monoisotopic (exact) mass is 1550 g/mol. The van der Waals surface area contributed by atoms with Crippen molar-refractivity contribution in [3.8, 4) is 23.0 Å². The van der Waals surface area contributed by atoms with Gasteiger partial charge in [-0.2, -0.15) is 0 Å². The molecule has 1 unspecified atom stereocenters. The van der Waals surface area contributed by atoms with Gasteiger partial charge in [0.25, 0.3) is 23.6 Å². The smallest absolute Gasteiger partial charge is 0.303 e. The number of carbonyl (C=O) groups excluding carboxylic acids is 7. The third-order valence-electron chi connectivity index (χ3n) is 17.7. The fourth-order valence-corrected chi connectivity index (χ4v) is 16.0. The normalized spacial score (nSPS) is 14.7. The largest absolute Gasteiger partial charge is 0.493 e. The van der Waals surface area contributed by atoms with E-state index < -0.39 is 11.9 Å². The number of carboxylic acid groups (broad SMARTS) is 1. The molecule has 0 saturated heterocycles. The molecule has 106 heavy (non-hydrogen) atoms. The second kappa shape index (κ2) is 35.7. The SMILES string of the molecule is C.COc1cc2c(cc1OCCCC(=O)Nc1nc(C(=O)Nc3cc(C(=O)CCC(C)(C)S(C)=S)n(C)c3)cs1)N=C[C@@H]1Cc3ccccc3N1C2=O.COc1cc2c(cc1OCCCC(=O)O)N=C[C@@H]1Cc3ccccc3N1C2=O.CSSC(C)(C)CCC(=O)c1cc(NC(=O)c2csc(N)n2)cn1C. The maximum Gasteiger partial charge on any atom is 0.303 e. The molecule has 0 spiro atoms. The van der Waals surface area contributed by atoms with Crippen molar-refractivity contribution in [1.29, 1.82) is 0 Å². The van der Waals surface area contributed by atoms with E-state index >= 15 is 0 Å². The number of aryl methyl sites for hydroxylation is 2. The Morgan fingerprint density at radius 2 is 1.13 bits per heavy atom. The third kappa shape index (κ3) is 19.7. The number of Topliss-reactive ketones (excluding diaryl/α,β-unsaturated/α-hetero) is 2. The minimum atomic E-state index is -0.867. The zero-order valence-corrected chi connectivity index (χ0v) is 64.5. The number of para-hydroxylation sites is 2. The number of nitrogens with two attached hydrogens (primary N) is 1. The fourth-order valence-electron chi connectivity index (χ4n) is 11.9. The molecule has 6 N–H and O–H groups in total. The molecule has 3 atom stereocenters. The molecule has 0 radical (unpaired) electrons. The second-order valence-electron chi connectivity index (χ2n) is 26.1. The maximum absolute atomic E-state index is 13.6. The number of thiazole rings is 2. The van der Waals surface area contributed by atoms with Gasteiger partial charge in [-0.05, 0) is 99.6 Å². The highest BCUT2D eigenvalue weighted by Crippen LogP contribution is 2.44. The Kier molecular flexibility index (Phi) is 27.1. The first-order valence-electron chi connectivity index (χ1n) is 33.5. The lowest BCUT2D eigenvalue weighted by Gasteiger charge is -2.23. The molecule has 0 fully saturated rings. The number of rotatable bonds is 28. The van der Waals surface area contributed by atoms with Gasteiger partial charge >= 0.3 is 5.97 Å². The number of aliphatic imine (C=N–C) groups is 2. The standard InChI is InChI=1S/C37H40N6O6S3.C21H20N2O5.C16H22N4O2S3.CH4/c1-37(2,52(5)50)13-12-30(44)29-16-23(20-42(29)3)39-34(46)27-21-51-36(40-27)41-33(45)11-8-14-49-32-18-26-25(17-31(32)48-4)35(47)43-24(19-38-26)15-22-9-6-7-10-28(22)43;1-27-18-10-15-16(11-19(18)28-8-4-7-20(24)25)22-12-14-9-13-5-2-3-6-17(13)23(14)21(15)26;1-16(2,25-23-4)6-5-13(21)12-7-10(8-20(12)3)18-14(22)11-9-24-15(17)19-11;/h6-7,9-10,16-21,24H,8,11-15H2,1-5H3,(H,39,46)(H,40,41,45);2-3,5-6,10-12,14H,4,7-9H2,1H3,(H,24,25);7-9H,5-6H2,1-4H3,(H2,17,19)(H,18,22);1H4/t24-,52?;14-;;/m00../s1. The van der Waals surface area contributed by atoms with Crippen LogP contribution in [0.4, 0.5) is 44.4 Å². The van der Waals surface area contributed by atoms with E-state index in [0.717, 1.165) is 46.7 Å². The Balaban J connectivity index is 0.000000202. The molecule has 0 saturated carbocycles. The average Bonchev–Trinajstić information content (AvgIpc) is 1.61. The number of carboxylic acids is 1. The number of fused-ring (bicyclic) bond motifs is 8. The zero-order chi connectivity index (χ0) is 75.4. The molecule has 8 heterocycles. The number of hydrogen-bond donors (Lipinski definition) is 5. The van der Waals surface area contributed by atoms with E-state index in [1.165, 1.54) is 25.6 Å². The Labute approximate surface area is 638 Å². The number of carbonyl (C=O) groups is 8. The van der Waals surface area contributed by atoms with Gasteiger partial charge in [-0.3, -0.25) is 58.1 Å². The first-order chi connectivity index (χ1) is 50.1. The number of benzene rings is 4. The van der Waals surface area contributed by atoms with Crippen LogP contribution < -0.4 is 50.4 Å². The van der Waals surface area contributed by atoms with Gasteiger partial charge in [0.1, 0.15) is 11.4 Å². The summed E-state index contributed by atoms with van der Waals surface area (Å²) in [5, 5.41) is 20.8. The lowest BCUT2D eigenvalue weighted by molar-refractivity contribution is -0.137. The number of amides is 5. The first kappa shape index (κ1) is 80.6. The molecule has 4 aromatic carbocycles. The molecule has 4 aliphatic rings. The van der Waals surface area contributed by atoms with Crippen LogP contribution in [-0.4, -0.2) is 145 Å². The van der Waals surface area contributed by atoms with Gasteiger partial charge in [0, 0.05) is 121 Å². The van der Waals surface area contributed by atoms with Crippen LogP contribution in [0, 0.1) is 0 Å². The van der Waals surface area contributed by atoms with Crippen molar-refractivity contribution in [3.63, 3.8) is 0 Å². The predicted octanol–water partition coefficient (Wildman–Crippen LogP) is 14.2. The molecule has 5 amide bonds. The molecule has 0 aliphatic carbocycles.